The third-order valence-corrected chi connectivity index (χ3v) is 2.59. The van der Waals surface area contributed by atoms with Crippen LogP contribution < -0.4 is 11.1 Å². The number of allylic oxidation sites excluding steroid dienone is 1. The average molecular weight is 217 g/mol. The van der Waals surface area contributed by atoms with Gasteiger partial charge in [0.25, 0.3) is 0 Å². The summed E-state index contributed by atoms with van der Waals surface area (Å²) in [6.07, 6.45) is 6.99. The Morgan fingerprint density at radius 1 is 1.82 bits per heavy atom. The minimum Gasteiger partial charge on any atom is -0.376 e. The zero-order valence-electron chi connectivity index (χ0n) is 6.33. The van der Waals surface area contributed by atoms with Gasteiger partial charge in [-0.3, -0.25) is 0 Å². The molecule has 1 aliphatic heterocycles. The molecule has 0 aromatic rings. The first kappa shape index (κ1) is 8.81. The Bertz CT molecular complexity index is 167. The third-order valence-electron chi connectivity index (χ3n) is 1.85. The normalized spacial score (nSPS) is 31.5. The molecule has 11 heavy (non-hydrogen) atoms. The lowest BCUT2D eigenvalue weighted by Crippen LogP contribution is -2.36. The van der Waals surface area contributed by atoms with E-state index in [0.717, 1.165) is 6.42 Å². The first-order valence-electron chi connectivity index (χ1n) is 3.69. The van der Waals surface area contributed by atoms with Crippen LogP contribution in [0.15, 0.2) is 24.9 Å². The number of hydrogen-bond donors (Lipinski definition) is 2. The number of halogens is 1. The predicted molar refractivity (Wildman–Crippen MR) is 51.3 cm³/mol. The van der Waals surface area contributed by atoms with E-state index in [0.29, 0.717) is 10.7 Å². The molecule has 3 unspecified atom stereocenters. The molecule has 0 bridgehead atoms. The number of nitrogens with two attached hydrogens (primary N) is 1. The van der Waals surface area contributed by atoms with Crippen LogP contribution in [0.1, 0.15) is 6.42 Å². The third kappa shape index (κ3) is 2.34. The quantitative estimate of drug-likeness (QED) is 0.553. The van der Waals surface area contributed by atoms with E-state index in [1.807, 2.05) is 12.3 Å². The van der Waals surface area contributed by atoms with Crippen molar-refractivity contribution in [2.45, 2.75) is 17.4 Å². The number of rotatable bonds is 3. The molecule has 2 nitrogen and oxygen atoms in total. The summed E-state index contributed by atoms with van der Waals surface area (Å²) in [7, 11) is 0. The van der Waals surface area contributed by atoms with Gasteiger partial charge in [-0.25, -0.2) is 0 Å². The fourth-order valence-corrected chi connectivity index (χ4v) is 1.55. The van der Waals surface area contributed by atoms with Gasteiger partial charge in [0.15, 0.2) is 0 Å². The van der Waals surface area contributed by atoms with Crippen molar-refractivity contribution in [1.29, 1.82) is 0 Å². The van der Waals surface area contributed by atoms with Gasteiger partial charge < -0.3 is 11.1 Å². The van der Waals surface area contributed by atoms with Gasteiger partial charge >= 0.3 is 0 Å². The van der Waals surface area contributed by atoms with Gasteiger partial charge in [0, 0.05) is 10.7 Å². The van der Waals surface area contributed by atoms with Gasteiger partial charge in [0.05, 0.1) is 6.17 Å². The van der Waals surface area contributed by atoms with Gasteiger partial charge in [-0.05, 0) is 12.6 Å². The molecule has 0 spiro atoms. The van der Waals surface area contributed by atoms with Gasteiger partial charge in [0.2, 0.25) is 0 Å². The Kier molecular flexibility index (Phi) is 3.15. The highest BCUT2D eigenvalue weighted by Gasteiger charge is 2.19. The lowest BCUT2D eigenvalue weighted by molar-refractivity contribution is 0.476. The van der Waals surface area contributed by atoms with Crippen molar-refractivity contribution in [3.05, 3.63) is 24.9 Å². The van der Waals surface area contributed by atoms with Crippen molar-refractivity contribution >= 4 is 15.9 Å². The second-order valence-electron chi connectivity index (χ2n) is 2.70. The SMILES string of the molecule is C=CC(Br)CC1C=CNC1N. The Labute approximate surface area is 75.7 Å². The molecule has 0 radical (unpaired) electrons. The Balaban J connectivity index is 2.36. The predicted octanol–water partition coefficient (Wildman–Crippen LogP) is 1.34. The van der Waals surface area contributed by atoms with E-state index in [1.54, 1.807) is 0 Å². The maximum Gasteiger partial charge on any atom is 0.0803 e. The molecular formula is C8H13BrN2. The van der Waals surface area contributed by atoms with Crippen molar-refractivity contribution in [1.82, 2.24) is 5.32 Å². The van der Waals surface area contributed by atoms with Crippen LogP contribution in [0.3, 0.4) is 0 Å². The van der Waals surface area contributed by atoms with Crippen LogP contribution in [0.2, 0.25) is 0 Å². The minimum atomic E-state index is 0.0787. The van der Waals surface area contributed by atoms with E-state index in [4.69, 9.17) is 5.73 Å². The highest BCUT2D eigenvalue weighted by atomic mass is 79.9. The van der Waals surface area contributed by atoms with Gasteiger partial charge in [-0.1, -0.05) is 28.1 Å². The van der Waals surface area contributed by atoms with Crippen LogP contribution in [0.25, 0.3) is 0 Å². The van der Waals surface area contributed by atoms with E-state index in [-0.39, 0.29) is 6.17 Å². The van der Waals surface area contributed by atoms with Crippen molar-refractivity contribution in [3.8, 4) is 0 Å². The lowest BCUT2D eigenvalue weighted by Gasteiger charge is -2.16. The molecule has 0 amide bonds. The summed E-state index contributed by atoms with van der Waals surface area (Å²) in [5.41, 5.74) is 5.75. The van der Waals surface area contributed by atoms with Crippen molar-refractivity contribution in [3.63, 3.8) is 0 Å². The molecule has 0 aliphatic carbocycles. The molecule has 3 heteroatoms. The molecule has 0 fully saturated rings. The highest BCUT2D eigenvalue weighted by molar-refractivity contribution is 9.09. The largest absolute Gasteiger partial charge is 0.376 e. The van der Waals surface area contributed by atoms with E-state index in [1.165, 1.54) is 0 Å². The second kappa shape index (κ2) is 3.93. The topological polar surface area (TPSA) is 38.0 Å². The highest BCUT2D eigenvalue weighted by Crippen LogP contribution is 2.19. The first-order valence-corrected chi connectivity index (χ1v) is 4.60. The lowest BCUT2D eigenvalue weighted by atomic mass is 10.0. The van der Waals surface area contributed by atoms with Crippen molar-refractivity contribution < 1.29 is 0 Å². The van der Waals surface area contributed by atoms with Crippen LogP contribution in [-0.2, 0) is 0 Å². The van der Waals surface area contributed by atoms with Crippen LogP contribution >= 0.6 is 15.9 Å². The van der Waals surface area contributed by atoms with Gasteiger partial charge in [0.1, 0.15) is 0 Å². The molecular weight excluding hydrogens is 204 g/mol. The zero-order valence-corrected chi connectivity index (χ0v) is 7.92. The maximum absolute atomic E-state index is 5.75. The summed E-state index contributed by atoms with van der Waals surface area (Å²) in [4.78, 5) is 0.364. The molecule has 0 aromatic carbocycles. The number of hydrogen-bond acceptors (Lipinski definition) is 2. The first-order chi connectivity index (χ1) is 5.24. The molecule has 62 valence electrons. The zero-order chi connectivity index (χ0) is 8.27. The van der Waals surface area contributed by atoms with E-state index >= 15 is 0 Å². The molecule has 1 rings (SSSR count). The fourth-order valence-electron chi connectivity index (χ4n) is 1.11. The standard InChI is InChI=1S/C8H13BrN2/c1-2-7(9)5-6-3-4-11-8(6)10/h2-4,6-8,11H,1,5,10H2. The van der Waals surface area contributed by atoms with E-state index in [2.05, 4.69) is 33.9 Å². The molecule has 1 aliphatic rings. The Hall–Kier alpha value is -0.280. The summed E-state index contributed by atoms with van der Waals surface area (Å²) in [5, 5.41) is 3.04. The van der Waals surface area contributed by atoms with Crippen LogP contribution in [-0.4, -0.2) is 11.0 Å². The molecule has 0 aromatic heterocycles. The smallest absolute Gasteiger partial charge is 0.0803 e. The molecule has 3 atom stereocenters. The van der Waals surface area contributed by atoms with Crippen LogP contribution in [0.4, 0.5) is 0 Å². The van der Waals surface area contributed by atoms with Gasteiger partial charge in [-0.2, -0.15) is 0 Å². The Morgan fingerprint density at radius 3 is 3.00 bits per heavy atom. The van der Waals surface area contributed by atoms with Crippen molar-refractivity contribution in [2.24, 2.45) is 11.7 Å². The summed E-state index contributed by atoms with van der Waals surface area (Å²) in [6, 6.07) is 0. The number of nitrogens with one attached hydrogen (secondary N) is 1. The summed E-state index contributed by atoms with van der Waals surface area (Å²) in [5.74, 6) is 0.428. The second-order valence-corrected chi connectivity index (χ2v) is 3.88. The average Bonchev–Trinajstić information content (AvgIpc) is 2.37. The number of alkyl halides is 1. The fraction of sp³-hybridized carbons (Fsp3) is 0.500. The summed E-state index contributed by atoms with van der Waals surface area (Å²) >= 11 is 3.48. The summed E-state index contributed by atoms with van der Waals surface area (Å²) < 4.78 is 0. The van der Waals surface area contributed by atoms with E-state index in [9.17, 15) is 0 Å². The summed E-state index contributed by atoms with van der Waals surface area (Å²) in [6.45, 7) is 3.70. The molecule has 3 N–H and O–H groups in total. The van der Waals surface area contributed by atoms with Crippen LogP contribution in [0, 0.1) is 5.92 Å². The van der Waals surface area contributed by atoms with E-state index < -0.39 is 0 Å². The molecule has 1 heterocycles. The molecule has 0 saturated carbocycles. The maximum atomic E-state index is 5.75. The van der Waals surface area contributed by atoms with Gasteiger partial charge in [-0.15, -0.1) is 6.58 Å². The van der Waals surface area contributed by atoms with Crippen LogP contribution in [0.5, 0.6) is 0 Å². The van der Waals surface area contributed by atoms with Crippen molar-refractivity contribution in [2.75, 3.05) is 0 Å². The Morgan fingerprint density at radius 2 is 2.55 bits per heavy atom. The molecule has 0 saturated heterocycles. The minimum absolute atomic E-state index is 0.0787. The monoisotopic (exact) mass is 216 g/mol.